The maximum absolute atomic E-state index is 10.3. The number of hydrogen-bond donors (Lipinski definition) is 2. The Balaban J connectivity index is 1.72. The largest absolute Gasteiger partial charge is 0.388 e. The molecule has 88 valence electrons. The van der Waals surface area contributed by atoms with E-state index in [1.165, 1.54) is 19.3 Å². The summed E-state index contributed by atoms with van der Waals surface area (Å²) in [7, 11) is 0. The zero-order valence-corrected chi connectivity index (χ0v) is 9.67. The number of rotatable bonds is 3. The first-order valence-corrected chi connectivity index (χ1v) is 6.21. The van der Waals surface area contributed by atoms with Crippen LogP contribution in [0.4, 0.5) is 0 Å². The van der Waals surface area contributed by atoms with E-state index >= 15 is 0 Å². The molecule has 2 atom stereocenters. The Kier molecular flexibility index (Phi) is 3.65. The topological polar surface area (TPSA) is 41.5 Å². The molecular formula is C12H23NO2. The van der Waals surface area contributed by atoms with Crippen LogP contribution in [-0.4, -0.2) is 36.5 Å². The third kappa shape index (κ3) is 3.16. The lowest BCUT2D eigenvalue weighted by Gasteiger charge is -2.33. The van der Waals surface area contributed by atoms with Crippen LogP contribution in [0.2, 0.25) is 0 Å². The van der Waals surface area contributed by atoms with Gasteiger partial charge in [0.2, 0.25) is 0 Å². The zero-order valence-electron chi connectivity index (χ0n) is 9.67. The van der Waals surface area contributed by atoms with E-state index in [2.05, 4.69) is 12.2 Å². The molecular weight excluding hydrogens is 190 g/mol. The maximum Gasteiger partial charge on any atom is 0.0815 e. The van der Waals surface area contributed by atoms with Gasteiger partial charge in [-0.15, -0.1) is 0 Å². The zero-order chi connectivity index (χ0) is 10.7. The Bertz CT molecular complexity index is 202. The highest BCUT2D eigenvalue weighted by Crippen LogP contribution is 2.26. The summed E-state index contributed by atoms with van der Waals surface area (Å²) in [6.45, 7) is 4.47. The predicted molar refractivity (Wildman–Crippen MR) is 59.8 cm³/mol. The van der Waals surface area contributed by atoms with Crippen molar-refractivity contribution in [1.29, 1.82) is 0 Å². The van der Waals surface area contributed by atoms with Gasteiger partial charge in [-0.1, -0.05) is 6.92 Å². The molecule has 2 aliphatic rings. The molecule has 1 saturated heterocycles. The lowest BCUT2D eigenvalue weighted by atomic mass is 9.94. The van der Waals surface area contributed by atoms with E-state index in [4.69, 9.17) is 4.74 Å². The van der Waals surface area contributed by atoms with Crippen molar-refractivity contribution in [2.24, 2.45) is 5.92 Å². The standard InChI is InChI=1S/C12H23NO2/c1-10-2-3-11(8-10)13-9-12(14)4-6-15-7-5-12/h10-11,13-14H,2-9H2,1H3. The molecule has 1 heterocycles. The van der Waals surface area contributed by atoms with Gasteiger partial charge >= 0.3 is 0 Å². The fraction of sp³-hybridized carbons (Fsp3) is 1.00. The molecule has 0 bridgehead atoms. The monoisotopic (exact) mass is 213 g/mol. The summed E-state index contributed by atoms with van der Waals surface area (Å²) in [4.78, 5) is 0. The second-order valence-electron chi connectivity index (χ2n) is 5.33. The van der Waals surface area contributed by atoms with E-state index in [0.29, 0.717) is 19.3 Å². The summed E-state index contributed by atoms with van der Waals surface area (Å²) in [5.74, 6) is 0.854. The van der Waals surface area contributed by atoms with Crippen molar-refractivity contribution in [1.82, 2.24) is 5.32 Å². The summed E-state index contributed by atoms with van der Waals surface area (Å²) < 4.78 is 5.27. The van der Waals surface area contributed by atoms with E-state index in [0.717, 1.165) is 25.3 Å². The Labute approximate surface area is 92.2 Å². The fourth-order valence-corrected chi connectivity index (χ4v) is 2.65. The van der Waals surface area contributed by atoms with Crippen LogP contribution in [0, 0.1) is 5.92 Å². The smallest absolute Gasteiger partial charge is 0.0815 e. The van der Waals surface area contributed by atoms with Crippen LogP contribution in [0.15, 0.2) is 0 Å². The van der Waals surface area contributed by atoms with Gasteiger partial charge in [-0.2, -0.15) is 0 Å². The normalized spacial score (nSPS) is 35.6. The minimum atomic E-state index is -0.510. The van der Waals surface area contributed by atoms with Crippen molar-refractivity contribution in [2.45, 2.75) is 50.7 Å². The number of hydrogen-bond acceptors (Lipinski definition) is 3. The molecule has 1 aliphatic carbocycles. The van der Waals surface area contributed by atoms with Gasteiger partial charge in [0.25, 0.3) is 0 Å². The average molecular weight is 213 g/mol. The summed E-state index contributed by atoms with van der Waals surface area (Å²) in [6, 6.07) is 0.631. The van der Waals surface area contributed by atoms with Crippen molar-refractivity contribution in [3.05, 3.63) is 0 Å². The molecule has 1 saturated carbocycles. The van der Waals surface area contributed by atoms with Crippen LogP contribution in [0.5, 0.6) is 0 Å². The van der Waals surface area contributed by atoms with Gasteiger partial charge in [0, 0.05) is 38.6 Å². The minimum Gasteiger partial charge on any atom is -0.388 e. The highest BCUT2D eigenvalue weighted by molar-refractivity contribution is 4.87. The Morgan fingerprint density at radius 2 is 2.07 bits per heavy atom. The van der Waals surface area contributed by atoms with Gasteiger partial charge in [0.15, 0.2) is 0 Å². The van der Waals surface area contributed by atoms with E-state index in [1.807, 2.05) is 0 Å². The van der Waals surface area contributed by atoms with Gasteiger partial charge in [-0.25, -0.2) is 0 Å². The van der Waals surface area contributed by atoms with Crippen LogP contribution in [0.25, 0.3) is 0 Å². The van der Waals surface area contributed by atoms with Crippen molar-refractivity contribution in [3.8, 4) is 0 Å². The third-order valence-corrected chi connectivity index (χ3v) is 3.84. The summed E-state index contributed by atoms with van der Waals surface area (Å²) >= 11 is 0. The van der Waals surface area contributed by atoms with Crippen LogP contribution in [-0.2, 0) is 4.74 Å². The fourth-order valence-electron chi connectivity index (χ4n) is 2.65. The Morgan fingerprint density at radius 3 is 2.67 bits per heavy atom. The molecule has 2 unspecified atom stereocenters. The third-order valence-electron chi connectivity index (χ3n) is 3.84. The molecule has 2 N–H and O–H groups in total. The van der Waals surface area contributed by atoms with Crippen molar-refractivity contribution < 1.29 is 9.84 Å². The van der Waals surface area contributed by atoms with E-state index in [9.17, 15) is 5.11 Å². The number of aliphatic hydroxyl groups is 1. The van der Waals surface area contributed by atoms with Crippen molar-refractivity contribution in [2.75, 3.05) is 19.8 Å². The van der Waals surface area contributed by atoms with Crippen molar-refractivity contribution >= 4 is 0 Å². The molecule has 0 spiro atoms. The predicted octanol–water partition coefficient (Wildman–Crippen LogP) is 1.31. The molecule has 1 aliphatic heterocycles. The Hall–Kier alpha value is -0.120. The van der Waals surface area contributed by atoms with E-state index < -0.39 is 5.60 Å². The molecule has 2 fully saturated rings. The summed E-state index contributed by atoms with van der Waals surface area (Å²) in [5, 5.41) is 13.8. The number of nitrogens with one attached hydrogen (secondary N) is 1. The highest BCUT2D eigenvalue weighted by Gasteiger charge is 2.31. The molecule has 0 amide bonds. The first kappa shape index (κ1) is 11.4. The molecule has 3 heteroatoms. The van der Waals surface area contributed by atoms with Crippen LogP contribution < -0.4 is 5.32 Å². The van der Waals surface area contributed by atoms with Gasteiger partial charge in [-0.05, 0) is 25.2 Å². The number of ether oxygens (including phenoxy) is 1. The molecule has 0 aromatic rings. The van der Waals surface area contributed by atoms with Gasteiger partial charge in [-0.3, -0.25) is 0 Å². The van der Waals surface area contributed by atoms with Gasteiger partial charge in [0.05, 0.1) is 5.60 Å². The van der Waals surface area contributed by atoms with Crippen LogP contribution in [0.3, 0.4) is 0 Å². The lowest BCUT2D eigenvalue weighted by Crippen LogP contribution is -2.47. The molecule has 15 heavy (non-hydrogen) atoms. The first-order chi connectivity index (χ1) is 7.18. The SMILES string of the molecule is CC1CCC(NCC2(O)CCOCC2)C1. The quantitative estimate of drug-likeness (QED) is 0.742. The second-order valence-corrected chi connectivity index (χ2v) is 5.33. The van der Waals surface area contributed by atoms with E-state index in [1.54, 1.807) is 0 Å². The van der Waals surface area contributed by atoms with Crippen LogP contribution >= 0.6 is 0 Å². The summed E-state index contributed by atoms with van der Waals surface area (Å²) in [6.07, 6.45) is 5.43. The maximum atomic E-state index is 10.3. The molecule has 3 nitrogen and oxygen atoms in total. The molecule has 2 rings (SSSR count). The van der Waals surface area contributed by atoms with Gasteiger partial charge < -0.3 is 15.2 Å². The highest BCUT2D eigenvalue weighted by atomic mass is 16.5. The molecule has 0 aromatic heterocycles. The van der Waals surface area contributed by atoms with Crippen molar-refractivity contribution in [3.63, 3.8) is 0 Å². The minimum absolute atomic E-state index is 0.510. The average Bonchev–Trinajstić information content (AvgIpc) is 2.63. The van der Waals surface area contributed by atoms with E-state index in [-0.39, 0.29) is 0 Å². The molecule has 0 radical (unpaired) electrons. The van der Waals surface area contributed by atoms with Crippen LogP contribution in [0.1, 0.15) is 39.0 Å². The first-order valence-electron chi connectivity index (χ1n) is 6.21. The lowest BCUT2D eigenvalue weighted by molar-refractivity contribution is -0.0627. The Morgan fingerprint density at radius 1 is 1.33 bits per heavy atom. The molecule has 0 aromatic carbocycles. The van der Waals surface area contributed by atoms with Gasteiger partial charge in [0.1, 0.15) is 0 Å². The summed E-state index contributed by atoms with van der Waals surface area (Å²) in [5.41, 5.74) is -0.510. The second kappa shape index (κ2) is 4.81.